The van der Waals surface area contributed by atoms with Gasteiger partial charge >= 0.3 is 0 Å². The Hall–Kier alpha value is -4.18. The number of imidazole rings is 1. The maximum atomic E-state index is 4.73. The van der Waals surface area contributed by atoms with Gasteiger partial charge in [-0.2, -0.15) is 0 Å². The molecule has 0 fully saturated rings. The number of benzene rings is 3. The molecule has 0 atom stereocenters. The lowest BCUT2D eigenvalue weighted by atomic mass is 10.1. The summed E-state index contributed by atoms with van der Waals surface area (Å²) in [7, 11) is 0. The van der Waals surface area contributed by atoms with E-state index >= 15 is 0 Å². The van der Waals surface area contributed by atoms with Crippen LogP contribution in [0.15, 0.2) is 97.5 Å². The first kappa shape index (κ1) is 15.7. The first-order chi connectivity index (χ1) is 14.9. The van der Waals surface area contributed by atoms with Crippen LogP contribution in [-0.4, -0.2) is 18.9 Å². The molecule has 4 heterocycles. The fourth-order valence-corrected chi connectivity index (χ4v) is 4.82. The van der Waals surface area contributed by atoms with E-state index in [1.54, 1.807) is 0 Å². The van der Waals surface area contributed by atoms with E-state index in [0.29, 0.717) is 0 Å². The average Bonchev–Trinajstić information content (AvgIpc) is 3.43. The van der Waals surface area contributed by atoms with Crippen molar-refractivity contribution >= 4 is 49.3 Å². The number of nitrogens with zero attached hydrogens (tertiary/aromatic N) is 4. The summed E-state index contributed by atoms with van der Waals surface area (Å²) in [6.45, 7) is 0. The molecule has 7 rings (SSSR count). The molecule has 4 nitrogen and oxygen atoms in total. The summed E-state index contributed by atoms with van der Waals surface area (Å²) in [4.78, 5) is 9.40. The summed E-state index contributed by atoms with van der Waals surface area (Å²) in [5, 5.41) is 4.66. The van der Waals surface area contributed by atoms with E-state index < -0.39 is 0 Å². The molecule has 30 heavy (non-hydrogen) atoms. The van der Waals surface area contributed by atoms with Crippen molar-refractivity contribution < 1.29 is 0 Å². The van der Waals surface area contributed by atoms with E-state index in [-0.39, 0.29) is 0 Å². The third-order valence-electron chi connectivity index (χ3n) is 6.01. The third kappa shape index (κ3) is 1.90. The molecule has 0 saturated heterocycles. The van der Waals surface area contributed by atoms with Crippen LogP contribution in [0.3, 0.4) is 0 Å². The predicted octanol–water partition coefficient (Wildman–Crippen LogP) is 6.13. The molecular formula is C26H16N4. The summed E-state index contributed by atoms with van der Waals surface area (Å²) < 4.78 is 4.55. The van der Waals surface area contributed by atoms with Crippen LogP contribution >= 0.6 is 0 Å². The van der Waals surface area contributed by atoms with E-state index in [4.69, 9.17) is 4.98 Å². The van der Waals surface area contributed by atoms with Crippen molar-refractivity contribution in [2.45, 2.75) is 0 Å². The molecule has 0 amide bonds. The minimum Gasteiger partial charge on any atom is -0.309 e. The van der Waals surface area contributed by atoms with Gasteiger partial charge in [-0.05, 0) is 42.5 Å². The van der Waals surface area contributed by atoms with Crippen molar-refractivity contribution in [3.05, 3.63) is 97.5 Å². The van der Waals surface area contributed by atoms with Gasteiger partial charge in [0.05, 0.1) is 22.1 Å². The van der Waals surface area contributed by atoms with Crippen molar-refractivity contribution in [2.24, 2.45) is 0 Å². The second kappa shape index (κ2) is 5.67. The van der Waals surface area contributed by atoms with Crippen LogP contribution in [-0.2, 0) is 0 Å². The minimum atomic E-state index is 0.939. The summed E-state index contributed by atoms with van der Waals surface area (Å²) in [6, 6.07) is 27.7. The number of rotatable bonds is 1. The molecule has 0 bridgehead atoms. The zero-order valence-electron chi connectivity index (χ0n) is 16.0. The molecule has 3 aromatic carbocycles. The summed E-state index contributed by atoms with van der Waals surface area (Å²) >= 11 is 0. The Kier molecular flexibility index (Phi) is 2.97. The Morgan fingerprint density at radius 1 is 0.600 bits per heavy atom. The first-order valence-electron chi connectivity index (χ1n) is 10.0. The Morgan fingerprint density at radius 2 is 1.43 bits per heavy atom. The number of hydrogen-bond donors (Lipinski definition) is 0. The van der Waals surface area contributed by atoms with Crippen molar-refractivity contribution in [1.29, 1.82) is 0 Å². The van der Waals surface area contributed by atoms with Gasteiger partial charge in [-0.25, -0.2) is 4.98 Å². The molecule has 4 aromatic heterocycles. The van der Waals surface area contributed by atoms with Crippen LogP contribution in [0.5, 0.6) is 0 Å². The van der Waals surface area contributed by atoms with Gasteiger partial charge in [-0.15, -0.1) is 0 Å². The van der Waals surface area contributed by atoms with Gasteiger partial charge < -0.3 is 4.57 Å². The van der Waals surface area contributed by atoms with Crippen LogP contribution < -0.4 is 0 Å². The Morgan fingerprint density at radius 3 is 2.37 bits per heavy atom. The lowest BCUT2D eigenvalue weighted by Gasteiger charge is -2.10. The van der Waals surface area contributed by atoms with Crippen molar-refractivity contribution in [3.8, 4) is 5.69 Å². The van der Waals surface area contributed by atoms with Gasteiger partial charge in [0.25, 0.3) is 0 Å². The smallest absolute Gasteiger partial charge is 0.146 e. The number of fused-ring (bicyclic) bond motifs is 10. The molecule has 0 aliphatic rings. The molecule has 140 valence electrons. The number of hydrogen-bond acceptors (Lipinski definition) is 2. The van der Waals surface area contributed by atoms with Crippen LogP contribution in [0.1, 0.15) is 0 Å². The van der Waals surface area contributed by atoms with Gasteiger partial charge in [-0.1, -0.05) is 36.4 Å². The molecule has 0 spiro atoms. The van der Waals surface area contributed by atoms with Crippen molar-refractivity contribution in [2.75, 3.05) is 0 Å². The van der Waals surface area contributed by atoms with Crippen LogP contribution in [0.25, 0.3) is 54.9 Å². The van der Waals surface area contributed by atoms with Crippen molar-refractivity contribution in [3.63, 3.8) is 0 Å². The fraction of sp³-hybridized carbons (Fsp3) is 0. The third-order valence-corrected chi connectivity index (χ3v) is 6.01. The highest BCUT2D eigenvalue weighted by molar-refractivity contribution is 6.25. The van der Waals surface area contributed by atoms with Gasteiger partial charge in [0.15, 0.2) is 0 Å². The van der Waals surface area contributed by atoms with E-state index in [2.05, 4.69) is 92.9 Å². The first-order valence-corrected chi connectivity index (χ1v) is 10.0. The average molecular weight is 384 g/mol. The quantitative estimate of drug-likeness (QED) is 0.319. The van der Waals surface area contributed by atoms with E-state index in [1.807, 2.05) is 18.5 Å². The maximum absolute atomic E-state index is 4.73. The largest absolute Gasteiger partial charge is 0.309 e. The Balaban J connectivity index is 1.82. The van der Waals surface area contributed by atoms with Gasteiger partial charge in [0, 0.05) is 45.8 Å². The predicted molar refractivity (Wildman–Crippen MR) is 122 cm³/mol. The topological polar surface area (TPSA) is 35.1 Å². The molecule has 0 saturated carbocycles. The van der Waals surface area contributed by atoms with Gasteiger partial charge in [0.2, 0.25) is 0 Å². The molecule has 0 aliphatic carbocycles. The lowest BCUT2D eigenvalue weighted by molar-refractivity contribution is 1.18. The van der Waals surface area contributed by atoms with Crippen molar-refractivity contribution in [1.82, 2.24) is 18.9 Å². The number of aromatic nitrogens is 4. The van der Waals surface area contributed by atoms with Gasteiger partial charge in [0.1, 0.15) is 5.65 Å². The van der Waals surface area contributed by atoms with Crippen LogP contribution in [0.2, 0.25) is 0 Å². The monoisotopic (exact) mass is 384 g/mol. The maximum Gasteiger partial charge on any atom is 0.146 e. The van der Waals surface area contributed by atoms with E-state index in [9.17, 15) is 0 Å². The Bertz CT molecular complexity index is 1740. The van der Waals surface area contributed by atoms with Crippen LogP contribution in [0, 0.1) is 0 Å². The lowest BCUT2D eigenvalue weighted by Crippen LogP contribution is -1.95. The normalized spacial score (nSPS) is 12.0. The number of pyridine rings is 2. The number of para-hydroxylation sites is 2. The Labute approximate surface area is 171 Å². The molecule has 0 aliphatic heterocycles. The highest BCUT2D eigenvalue weighted by Crippen LogP contribution is 2.39. The molecule has 0 unspecified atom stereocenters. The molecule has 0 N–H and O–H groups in total. The van der Waals surface area contributed by atoms with Crippen LogP contribution in [0.4, 0.5) is 0 Å². The fourth-order valence-electron chi connectivity index (χ4n) is 4.82. The molecular weight excluding hydrogens is 368 g/mol. The second-order valence-electron chi connectivity index (χ2n) is 7.56. The minimum absolute atomic E-state index is 0.939. The SMILES string of the molecule is c1ccc(-n2c3ccccc3c3c2ccc2c4ncccc4c4nccn4c23)cc1. The van der Waals surface area contributed by atoms with E-state index in [0.717, 1.165) is 33.1 Å². The summed E-state index contributed by atoms with van der Waals surface area (Å²) in [5.74, 6) is 0. The standard InChI is InChI=1S/C26H16N4/c1-2-7-17(8-3-1)30-21-11-5-4-9-18(21)23-22(30)13-12-19-24-20(10-6-14-27-24)26-28-15-16-29(26)25(19)23/h1-16H. The highest BCUT2D eigenvalue weighted by Gasteiger charge is 2.18. The second-order valence-corrected chi connectivity index (χ2v) is 7.56. The van der Waals surface area contributed by atoms with Gasteiger partial charge in [-0.3, -0.25) is 9.38 Å². The molecule has 7 aromatic rings. The summed E-state index contributed by atoms with van der Waals surface area (Å²) in [5.41, 5.74) is 6.61. The highest BCUT2D eigenvalue weighted by atomic mass is 15.0. The zero-order valence-corrected chi connectivity index (χ0v) is 16.0. The molecule has 4 heteroatoms. The zero-order chi connectivity index (χ0) is 19.7. The van der Waals surface area contributed by atoms with E-state index in [1.165, 1.54) is 21.8 Å². The summed E-state index contributed by atoms with van der Waals surface area (Å²) in [6.07, 6.45) is 5.78. The molecule has 0 radical (unpaired) electrons.